The minimum atomic E-state index is -0.411. The first kappa shape index (κ1) is 15.9. The van der Waals surface area contributed by atoms with Crippen molar-refractivity contribution in [2.45, 2.75) is 6.42 Å². The molecule has 19 heavy (non-hydrogen) atoms. The Morgan fingerprint density at radius 2 is 2.00 bits per heavy atom. The molecule has 7 heteroatoms. The van der Waals surface area contributed by atoms with E-state index in [0.29, 0.717) is 18.9 Å². The maximum Gasteiger partial charge on any atom is 0.357 e. The number of carbonyl (C=O) groups is 1. The summed E-state index contributed by atoms with van der Waals surface area (Å²) in [6.45, 7) is 2.85. The molecule has 0 fully saturated rings. The highest BCUT2D eigenvalue weighted by molar-refractivity contribution is 7.13. The third-order valence-corrected chi connectivity index (χ3v) is 3.40. The van der Waals surface area contributed by atoms with Crippen LogP contribution in [0.3, 0.4) is 0 Å². The van der Waals surface area contributed by atoms with Crippen LogP contribution in [0.15, 0.2) is 5.38 Å². The second-order valence-electron chi connectivity index (χ2n) is 3.83. The molecule has 0 bridgehead atoms. The third kappa shape index (κ3) is 5.14. The van der Waals surface area contributed by atoms with Crippen molar-refractivity contribution >= 4 is 22.4 Å². The summed E-state index contributed by atoms with van der Waals surface area (Å²) in [5.41, 5.74) is 0.344. The lowest BCUT2D eigenvalue weighted by Crippen LogP contribution is -2.29. The van der Waals surface area contributed by atoms with E-state index in [0.717, 1.165) is 24.6 Å². The van der Waals surface area contributed by atoms with Gasteiger partial charge in [-0.25, -0.2) is 9.78 Å². The Bertz CT molecular complexity index is 384. The standard InChI is InChI=1S/C12H20N2O4S/c1-16-7-4-5-14(6-8-17-2)12-13-10(9-19-12)11(15)18-3/h9H,4-8H2,1-3H3. The van der Waals surface area contributed by atoms with E-state index in [4.69, 9.17) is 9.47 Å². The summed E-state index contributed by atoms with van der Waals surface area (Å²) in [4.78, 5) is 17.8. The van der Waals surface area contributed by atoms with E-state index in [1.165, 1.54) is 18.4 Å². The molecular formula is C12H20N2O4S. The number of aromatic nitrogens is 1. The predicted octanol–water partition coefficient (Wildman–Crippen LogP) is 1.42. The molecule has 0 amide bonds. The number of nitrogens with zero attached hydrogens (tertiary/aromatic N) is 2. The van der Waals surface area contributed by atoms with Gasteiger partial charge in [0.2, 0.25) is 0 Å². The third-order valence-electron chi connectivity index (χ3n) is 2.50. The van der Waals surface area contributed by atoms with Crippen LogP contribution in [0.5, 0.6) is 0 Å². The Morgan fingerprint density at radius 1 is 1.26 bits per heavy atom. The number of esters is 1. The highest BCUT2D eigenvalue weighted by Crippen LogP contribution is 2.21. The monoisotopic (exact) mass is 288 g/mol. The van der Waals surface area contributed by atoms with E-state index in [1.54, 1.807) is 19.6 Å². The van der Waals surface area contributed by atoms with E-state index in [-0.39, 0.29) is 0 Å². The Labute approximate surface area is 117 Å². The number of anilines is 1. The number of ether oxygens (including phenoxy) is 3. The first-order valence-corrected chi connectivity index (χ1v) is 6.87. The van der Waals surface area contributed by atoms with E-state index in [1.807, 2.05) is 0 Å². The van der Waals surface area contributed by atoms with Gasteiger partial charge in [-0.2, -0.15) is 0 Å². The van der Waals surface area contributed by atoms with Gasteiger partial charge < -0.3 is 19.1 Å². The second-order valence-corrected chi connectivity index (χ2v) is 4.67. The largest absolute Gasteiger partial charge is 0.464 e. The van der Waals surface area contributed by atoms with Gasteiger partial charge in [-0.3, -0.25) is 0 Å². The summed E-state index contributed by atoms with van der Waals surface area (Å²) in [6.07, 6.45) is 0.896. The fourth-order valence-electron chi connectivity index (χ4n) is 1.51. The molecule has 0 aromatic carbocycles. The van der Waals surface area contributed by atoms with Crippen molar-refractivity contribution in [2.75, 3.05) is 52.5 Å². The molecule has 0 aliphatic carbocycles. The average Bonchev–Trinajstić information content (AvgIpc) is 2.91. The quantitative estimate of drug-likeness (QED) is 0.506. The van der Waals surface area contributed by atoms with Gasteiger partial charge in [-0.05, 0) is 6.42 Å². The summed E-state index contributed by atoms with van der Waals surface area (Å²) in [6, 6.07) is 0. The number of carbonyl (C=O) groups excluding carboxylic acids is 1. The van der Waals surface area contributed by atoms with Crippen molar-refractivity contribution < 1.29 is 19.0 Å². The molecule has 0 saturated heterocycles. The molecule has 0 aliphatic heterocycles. The van der Waals surface area contributed by atoms with Crippen molar-refractivity contribution in [2.24, 2.45) is 0 Å². The van der Waals surface area contributed by atoms with Gasteiger partial charge in [0.05, 0.1) is 13.7 Å². The van der Waals surface area contributed by atoms with Crippen LogP contribution in [0.2, 0.25) is 0 Å². The van der Waals surface area contributed by atoms with Crippen LogP contribution < -0.4 is 4.90 Å². The topological polar surface area (TPSA) is 60.9 Å². The number of hydrogen-bond acceptors (Lipinski definition) is 7. The number of rotatable bonds is 9. The van der Waals surface area contributed by atoms with Gasteiger partial charge >= 0.3 is 5.97 Å². The maximum atomic E-state index is 11.4. The van der Waals surface area contributed by atoms with Gasteiger partial charge in [0.15, 0.2) is 10.8 Å². The van der Waals surface area contributed by atoms with Gasteiger partial charge in [-0.15, -0.1) is 11.3 Å². The molecule has 1 heterocycles. The zero-order valence-electron chi connectivity index (χ0n) is 11.5. The smallest absolute Gasteiger partial charge is 0.357 e. The molecule has 0 spiro atoms. The lowest BCUT2D eigenvalue weighted by molar-refractivity contribution is 0.0595. The first-order valence-electron chi connectivity index (χ1n) is 5.99. The van der Waals surface area contributed by atoms with Crippen molar-refractivity contribution in [1.29, 1.82) is 0 Å². The van der Waals surface area contributed by atoms with Crippen LogP contribution in [0.4, 0.5) is 5.13 Å². The molecular weight excluding hydrogens is 268 g/mol. The normalized spacial score (nSPS) is 10.5. The van der Waals surface area contributed by atoms with Crippen LogP contribution >= 0.6 is 11.3 Å². The van der Waals surface area contributed by atoms with Gasteiger partial charge in [0.1, 0.15) is 0 Å². The summed E-state index contributed by atoms with van der Waals surface area (Å²) < 4.78 is 14.8. The van der Waals surface area contributed by atoms with E-state index in [2.05, 4.69) is 14.6 Å². The Morgan fingerprint density at radius 3 is 2.63 bits per heavy atom. The van der Waals surface area contributed by atoms with Crippen molar-refractivity contribution in [3.05, 3.63) is 11.1 Å². The zero-order chi connectivity index (χ0) is 14.1. The second kappa shape index (κ2) is 8.84. The molecule has 0 atom stereocenters. The van der Waals surface area contributed by atoms with Crippen LogP contribution in [0.25, 0.3) is 0 Å². The summed E-state index contributed by atoms with van der Waals surface area (Å²) in [5.74, 6) is -0.411. The summed E-state index contributed by atoms with van der Waals surface area (Å²) in [7, 11) is 4.69. The van der Waals surface area contributed by atoms with Crippen LogP contribution in [0, 0.1) is 0 Å². The molecule has 0 saturated carbocycles. The van der Waals surface area contributed by atoms with Crippen LogP contribution in [0.1, 0.15) is 16.9 Å². The Kier molecular flexibility index (Phi) is 7.39. The number of hydrogen-bond donors (Lipinski definition) is 0. The molecule has 0 unspecified atom stereocenters. The zero-order valence-corrected chi connectivity index (χ0v) is 12.4. The van der Waals surface area contributed by atoms with E-state index >= 15 is 0 Å². The van der Waals surface area contributed by atoms with Crippen molar-refractivity contribution in [1.82, 2.24) is 4.98 Å². The van der Waals surface area contributed by atoms with Crippen LogP contribution in [-0.2, 0) is 14.2 Å². The molecule has 0 radical (unpaired) electrons. The van der Waals surface area contributed by atoms with Crippen molar-refractivity contribution in [3.63, 3.8) is 0 Å². The average molecular weight is 288 g/mol. The minimum Gasteiger partial charge on any atom is -0.464 e. The van der Waals surface area contributed by atoms with Crippen LogP contribution in [-0.4, -0.2) is 58.6 Å². The van der Waals surface area contributed by atoms with Gasteiger partial charge in [0.25, 0.3) is 0 Å². The maximum absolute atomic E-state index is 11.4. The first-order chi connectivity index (χ1) is 9.22. The molecule has 6 nitrogen and oxygen atoms in total. The molecule has 1 aromatic heterocycles. The lowest BCUT2D eigenvalue weighted by atomic mass is 10.4. The minimum absolute atomic E-state index is 0.344. The SMILES string of the molecule is COCCCN(CCOC)c1nc(C(=O)OC)cs1. The Hall–Kier alpha value is -1.18. The molecule has 0 aliphatic rings. The van der Waals surface area contributed by atoms with E-state index in [9.17, 15) is 4.79 Å². The highest BCUT2D eigenvalue weighted by Gasteiger charge is 2.15. The fourth-order valence-corrected chi connectivity index (χ4v) is 2.36. The number of methoxy groups -OCH3 is 3. The molecule has 108 valence electrons. The lowest BCUT2D eigenvalue weighted by Gasteiger charge is -2.21. The number of thiazole rings is 1. The molecule has 1 aromatic rings. The molecule has 1 rings (SSSR count). The van der Waals surface area contributed by atoms with E-state index < -0.39 is 5.97 Å². The van der Waals surface area contributed by atoms with Gasteiger partial charge in [0, 0.05) is 39.3 Å². The summed E-state index contributed by atoms with van der Waals surface area (Å²) in [5, 5.41) is 2.51. The van der Waals surface area contributed by atoms with Gasteiger partial charge in [-0.1, -0.05) is 0 Å². The molecule has 0 N–H and O–H groups in total. The fraction of sp³-hybridized carbons (Fsp3) is 0.667. The highest BCUT2D eigenvalue weighted by atomic mass is 32.1. The predicted molar refractivity (Wildman–Crippen MR) is 74.0 cm³/mol. The summed E-state index contributed by atoms with van der Waals surface area (Å²) >= 11 is 1.43. The Balaban J connectivity index is 2.66. The van der Waals surface area contributed by atoms with Crippen molar-refractivity contribution in [3.8, 4) is 0 Å².